The molecule has 2 aliphatic heterocycles. The minimum atomic E-state index is -0.296. The molecule has 1 unspecified atom stereocenters. The third kappa shape index (κ3) is 4.72. The van der Waals surface area contributed by atoms with Gasteiger partial charge in [0, 0.05) is 31.8 Å². The van der Waals surface area contributed by atoms with E-state index in [2.05, 4.69) is 4.99 Å². The second kappa shape index (κ2) is 9.91. The fourth-order valence-corrected chi connectivity index (χ4v) is 5.09. The van der Waals surface area contributed by atoms with Crippen molar-refractivity contribution in [3.05, 3.63) is 94.4 Å². The number of amides is 1. The van der Waals surface area contributed by atoms with Gasteiger partial charge in [-0.1, -0.05) is 30.3 Å². The number of rotatable bonds is 5. The quantitative estimate of drug-likeness (QED) is 0.482. The van der Waals surface area contributed by atoms with Gasteiger partial charge in [0.2, 0.25) is 0 Å². The van der Waals surface area contributed by atoms with E-state index < -0.39 is 0 Å². The summed E-state index contributed by atoms with van der Waals surface area (Å²) in [5, 5.41) is 17.7. The Bertz CT molecular complexity index is 1380. The Labute approximate surface area is 214 Å². The second-order valence-electron chi connectivity index (χ2n) is 8.69. The first-order chi connectivity index (χ1) is 17.4. The fraction of sp³-hybridized carbons (Fsp3) is 0.179. The number of para-hydroxylation sites is 1. The Balaban J connectivity index is 1.46. The normalized spacial score (nSPS) is 18.4. The molecule has 1 amide bonds. The van der Waals surface area contributed by atoms with Gasteiger partial charge in [0.05, 0.1) is 23.8 Å². The highest BCUT2D eigenvalue weighted by molar-refractivity contribution is 8.18. The molecule has 2 heterocycles. The number of aromatic hydroxyl groups is 1. The Morgan fingerprint density at radius 3 is 2.44 bits per heavy atom. The van der Waals surface area contributed by atoms with Crippen LogP contribution in [0.15, 0.2) is 87.8 Å². The van der Waals surface area contributed by atoms with Crippen molar-refractivity contribution < 1.29 is 14.6 Å². The number of carbonyl (C=O) groups excluding carboxylic acids is 1. The van der Waals surface area contributed by atoms with Gasteiger partial charge in [-0.2, -0.15) is 10.1 Å². The van der Waals surface area contributed by atoms with Gasteiger partial charge in [0.15, 0.2) is 5.17 Å². The number of phenolic OH excluding ortho intramolecular Hbond substituents is 1. The summed E-state index contributed by atoms with van der Waals surface area (Å²) in [5.41, 5.74) is 4.54. The van der Waals surface area contributed by atoms with Crippen LogP contribution in [0.1, 0.15) is 29.2 Å². The van der Waals surface area contributed by atoms with E-state index in [0.29, 0.717) is 16.5 Å². The van der Waals surface area contributed by atoms with E-state index in [1.165, 1.54) is 11.8 Å². The van der Waals surface area contributed by atoms with E-state index in [1.54, 1.807) is 24.3 Å². The maximum atomic E-state index is 12.8. The summed E-state index contributed by atoms with van der Waals surface area (Å²) in [6.45, 7) is 0. The molecule has 5 rings (SSSR count). The van der Waals surface area contributed by atoms with Gasteiger partial charge in [-0.05, 0) is 71.4 Å². The number of ether oxygens (including phenoxy) is 1. The van der Waals surface area contributed by atoms with Crippen molar-refractivity contribution in [3.63, 3.8) is 0 Å². The standard InChI is InChI=1S/C28H26N4O3S/c1-31(2)20-12-8-18(9-13-20)16-26-27(34)29-28(36-26)32-24(22-6-4-5-7-25(22)33)17-23(30-32)19-10-14-21(35-3)15-11-19/h4-16,24,33H,17H2,1-3H3/b26-16-. The van der Waals surface area contributed by atoms with Crippen LogP contribution in [0.5, 0.6) is 11.5 Å². The Morgan fingerprint density at radius 1 is 1.06 bits per heavy atom. The lowest BCUT2D eigenvalue weighted by molar-refractivity contribution is -0.113. The van der Waals surface area contributed by atoms with E-state index in [0.717, 1.165) is 33.8 Å². The van der Waals surface area contributed by atoms with Gasteiger partial charge < -0.3 is 14.7 Å². The maximum absolute atomic E-state index is 12.8. The summed E-state index contributed by atoms with van der Waals surface area (Å²) in [5.74, 6) is 0.655. The molecule has 182 valence electrons. The van der Waals surface area contributed by atoms with E-state index in [-0.39, 0.29) is 17.7 Å². The molecular weight excluding hydrogens is 472 g/mol. The first-order valence-electron chi connectivity index (χ1n) is 11.5. The summed E-state index contributed by atoms with van der Waals surface area (Å²) >= 11 is 1.30. The Hall–Kier alpha value is -4.04. The summed E-state index contributed by atoms with van der Waals surface area (Å²) in [4.78, 5) is 19.7. The highest BCUT2D eigenvalue weighted by atomic mass is 32.2. The van der Waals surface area contributed by atoms with Crippen LogP contribution in [-0.2, 0) is 4.79 Å². The van der Waals surface area contributed by atoms with E-state index in [4.69, 9.17) is 9.84 Å². The number of benzene rings is 3. The van der Waals surface area contributed by atoms with Gasteiger partial charge in [0.1, 0.15) is 11.5 Å². The molecule has 0 bridgehead atoms. The van der Waals surface area contributed by atoms with Gasteiger partial charge in [0.25, 0.3) is 5.91 Å². The largest absolute Gasteiger partial charge is 0.508 e. The summed E-state index contributed by atoms with van der Waals surface area (Å²) in [6.07, 6.45) is 2.41. The van der Waals surface area contributed by atoms with E-state index in [9.17, 15) is 9.90 Å². The van der Waals surface area contributed by atoms with Crippen molar-refractivity contribution in [2.24, 2.45) is 10.1 Å². The van der Waals surface area contributed by atoms with E-state index >= 15 is 0 Å². The topological polar surface area (TPSA) is 77.7 Å². The van der Waals surface area contributed by atoms with Gasteiger partial charge in [-0.25, -0.2) is 5.01 Å². The summed E-state index contributed by atoms with van der Waals surface area (Å²) in [6, 6.07) is 22.6. The van der Waals surface area contributed by atoms with Gasteiger partial charge in [-0.3, -0.25) is 4.79 Å². The molecule has 36 heavy (non-hydrogen) atoms. The number of amidine groups is 1. The molecule has 0 saturated heterocycles. The summed E-state index contributed by atoms with van der Waals surface area (Å²) < 4.78 is 5.28. The van der Waals surface area contributed by atoms with Crippen LogP contribution in [0.25, 0.3) is 6.08 Å². The lowest BCUT2D eigenvalue weighted by Gasteiger charge is -2.23. The molecule has 0 aromatic heterocycles. The highest BCUT2D eigenvalue weighted by Gasteiger charge is 2.37. The highest BCUT2D eigenvalue weighted by Crippen LogP contribution is 2.41. The van der Waals surface area contributed by atoms with Gasteiger partial charge >= 0.3 is 0 Å². The number of nitrogens with zero attached hydrogens (tertiary/aromatic N) is 4. The lowest BCUT2D eigenvalue weighted by Crippen LogP contribution is -2.23. The first-order valence-corrected chi connectivity index (χ1v) is 12.3. The number of phenols is 1. The third-order valence-corrected chi connectivity index (χ3v) is 7.12. The zero-order valence-corrected chi connectivity index (χ0v) is 21.1. The van der Waals surface area contributed by atoms with Crippen LogP contribution in [0.3, 0.4) is 0 Å². The van der Waals surface area contributed by atoms with Gasteiger partial charge in [-0.15, -0.1) is 0 Å². The lowest BCUT2D eigenvalue weighted by atomic mass is 9.98. The molecular formula is C28H26N4O3S. The maximum Gasteiger partial charge on any atom is 0.286 e. The molecule has 8 heteroatoms. The monoisotopic (exact) mass is 498 g/mol. The number of hydrogen-bond donors (Lipinski definition) is 1. The van der Waals surface area contributed by atoms with Crippen LogP contribution in [0.2, 0.25) is 0 Å². The SMILES string of the molecule is COc1ccc(C2=NN(C3=NC(=O)/C(=C/c4ccc(N(C)C)cc4)S3)C(c3ccccc3O)C2)cc1. The molecule has 7 nitrogen and oxygen atoms in total. The predicted octanol–water partition coefficient (Wildman–Crippen LogP) is 5.29. The molecule has 3 aromatic carbocycles. The molecule has 1 N–H and O–H groups in total. The van der Waals surface area contributed by atoms with E-state index in [1.807, 2.05) is 85.7 Å². The van der Waals surface area contributed by atoms with Crippen LogP contribution >= 0.6 is 11.8 Å². The van der Waals surface area contributed by atoms with Crippen LogP contribution in [0.4, 0.5) is 5.69 Å². The number of hydrogen-bond acceptors (Lipinski definition) is 7. The summed E-state index contributed by atoms with van der Waals surface area (Å²) in [7, 11) is 5.61. The molecule has 0 radical (unpaired) electrons. The van der Waals surface area contributed by atoms with Crippen molar-refractivity contribution in [1.29, 1.82) is 0 Å². The van der Waals surface area contributed by atoms with Crippen LogP contribution < -0.4 is 9.64 Å². The Kier molecular flexibility index (Phi) is 6.52. The fourth-order valence-electron chi connectivity index (χ4n) is 4.17. The molecule has 0 fully saturated rings. The number of aliphatic imine (C=N–C) groups is 1. The molecule has 3 aromatic rings. The number of anilines is 1. The smallest absolute Gasteiger partial charge is 0.286 e. The molecule has 0 saturated carbocycles. The number of methoxy groups -OCH3 is 1. The molecule has 0 spiro atoms. The molecule has 0 aliphatic carbocycles. The third-order valence-electron chi connectivity index (χ3n) is 6.14. The van der Waals surface area contributed by atoms with Crippen molar-refractivity contribution in [2.45, 2.75) is 12.5 Å². The minimum Gasteiger partial charge on any atom is -0.508 e. The number of carbonyl (C=O) groups is 1. The number of hydrazone groups is 1. The number of thioether (sulfide) groups is 1. The van der Waals surface area contributed by atoms with Crippen molar-refractivity contribution >= 4 is 40.3 Å². The minimum absolute atomic E-state index is 0.186. The molecule has 1 atom stereocenters. The van der Waals surface area contributed by atoms with Crippen molar-refractivity contribution in [2.75, 3.05) is 26.1 Å². The zero-order chi connectivity index (χ0) is 25.2. The van der Waals surface area contributed by atoms with Crippen LogP contribution in [-0.4, -0.2) is 48.1 Å². The predicted molar refractivity (Wildman–Crippen MR) is 146 cm³/mol. The van der Waals surface area contributed by atoms with Crippen LogP contribution in [0, 0.1) is 0 Å². The average Bonchev–Trinajstić information content (AvgIpc) is 3.48. The molecule has 2 aliphatic rings. The van der Waals surface area contributed by atoms with Crippen molar-refractivity contribution in [1.82, 2.24) is 5.01 Å². The first kappa shape index (κ1) is 23.7. The Morgan fingerprint density at radius 2 is 1.78 bits per heavy atom. The average molecular weight is 499 g/mol. The second-order valence-corrected chi connectivity index (χ2v) is 9.70. The van der Waals surface area contributed by atoms with Crippen molar-refractivity contribution in [3.8, 4) is 11.5 Å². The zero-order valence-electron chi connectivity index (χ0n) is 20.3.